The van der Waals surface area contributed by atoms with Gasteiger partial charge in [0.2, 0.25) is 0 Å². The van der Waals surface area contributed by atoms with Crippen molar-refractivity contribution in [2.45, 2.75) is 78.2 Å². The maximum Gasteiger partial charge on any atom is 0.0801 e. The lowest BCUT2D eigenvalue weighted by Gasteiger charge is -2.31. The quantitative estimate of drug-likeness (QED) is 0.584. The first-order chi connectivity index (χ1) is 8.59. The second-order valence-electron chi connectivity index (χ2n) is 6.47. The molecular formula is C16H32O2. The lowest BCUT2D eigenvalue weighted by molar-refractivity contribution is 0.0612. The predicted octanol–water partition coefficient (Wildman–Crippen LogP) is 3.75. The van der Waals surface area contributed by atoms with E-state index in [2.05, 4.69) is 20.8 Å². The van der Waals surface area contributed by atoms with Crippen LogP contribution in [0.1, 0.15) is 72.1 Å². The average molecular weight is 256 g/mol. The van der Waals surface area contributed by atoms with Crippen LogP contribution in [0.25, 0.3) is 0 Å². The topological polar surface area (TPSA) is 40.5 Å². The second kappa shape index (κ2) is 7.49. The minimum Gasteiger partial charge on any atom is -0.394 e. The van der Waals surface area contributed by atoms with Crippen LogP contribution in [0.15, 0.2) is 0 Å². The number of hydrogen-bond donors (Lipinski definition) is 2. The fourth-order valence-corrected chi connectivity index (χ4v) is 3.60. The monoisotopic (exact) mass is 256 g/mol. The van der Waals surface area contributed by atoms with E-state index in [0.29, 0.717) is 17.3 Å². The summed E-state index contributed by atoms with van der Waals surface area (Å²) in [6.07, 6.45) is 9.71. The van der Waals surface area contributed by atoms with E-state index in [1.807, 2.05) is 0 Å². The molecule has 0 aliphatic heterocycles. The molecule has 1 aliphatic rings. The Morgan fingerprint density at radius 2 is 1.83 bits per heavy atom. The standard InChI is InChI=1S/C16H32O2/c1-4-6-7-8-10-16(3,9-5-2)14-11-13(14)15(18)12-17/h13-15,17-18H,4-12H2,1-3H3. The first kappa shape index (κ1) is 16.0. The van der Waals surface area contributed by atoms with Crippen LogP contribution >= 0.6 is 0 Å². The Hall–Kier alpha value is -0.0800. The zero-order chi connectivity index (χ0) is 13.6. The van der Waals surface area contributed by atoms with Crippen LogP contribution in [0.3, 0.4) is 0 Å². The lowest BCUT2D eigenvalue weighted by atomic mass is 9.75. The second-order valence-corrected chi connectivity index (χ2v) is 6.47. The molecule has 0 spiro atoms. The summed E-state index contributed by atoms with van der Waals surface area (Å²) in [5, 5.41) is 18.8. The Morgan fingerprint density at radius 3 is 2.39 bits per heavy atom. The largest absolute Gasteiger partial charge is 0.394 e. The van der Waals surface area contributed by atoms with Crippen LogP contribution in [0, 0.1) is 17.3 Å². The summed E-state index contributed by atoms with van der Waals surface area (Å²) in [6.45, 7) is 6.83. The molecule has 2 N–H and O–H groups in total. The molecule has 0 saturated heterocycles. The van der Waals surface area contributed by atoms with Gasteiger partial charge in [0.15, 0.2) is 0 Å². The molecule has 4 atom stereocenters. The van der Waals surface area contributed by atoms with E-state index < -0.39 is 6.10 Å². The fourth-order valence-electron chi connectivity index (χ4n) is 3.60. The highest BCUT2D eigenvalue weighted by atomic mass is 16.3. The number of aliphatic hydroxyl groups excluding tert-OH is 2. The molecule has 0 aromatic heterocycles. The summed E-state index contributed by atoms with van der Waals surface area (Å²) in [5.74, 6) is 0.999. The zero-order valence-corrected chi connectivity index (χ0v) is 12.5. The van der Waals surface area contributed by atoms with Gasteiger partial charge in [0.1, 0.15) is 0 Å². The van der Waals surface area contributed by atoms with E-state index in [4.69, 9.17) is 5.11 Å². The molecule has 2 nitrogen and oxygen atoms in total. The summed E-state index contributed by atoms with van der Waals surface area (Å²) < 4.78 is 0. The lowest BCUT2D eigenvalue weighted by Crippen LogP contribution is -2.24. The van der Waals surface area contributed by atoms with Crippen molar-refractivity contribution in [3.05, 3.63) is 0 Å². The highest BCUT2D eigenvalue weighted by Gasteiger charge is 2.51. The van der Waals surface area contributed by atoms with Gasteiger partial charge < -0.3 is 10.2 Å². The van der Waals surface area contributed by atoms with Crippen LogP contribution in [0.5, 0.6) is 0 Å². The molecule has 0 radical (unpaired) electrons. The number of hydrogen-bond acceptors (Lipinski definition) is 2. The maximum atomic E-state index is 9.76. The molecule has 4 unspecified atom stereocenters. The van der Waals surface area contributed by atoms with E-state index >= 15 is 0 Å². The van der Waals surface area contributed by atoms with Gasteiger partial charge in [-0.2, -0.15) is 0 Å². The summed E-state index contributed by atoms with van der Waals surface area (Å²) in [6, 6.07) is 0. The van der Waals surface area contributed by atoms with Crippen LogP contribution < -0.4 is 0 Å². The number of aliphatic hydroxyl groups is 2. The summed E-state index contributed by atoms with van der Waals surface area (Å²) in [4.78, 5) is 0. The third-order valence-corrected chi connectivity index (χ3v) is 4.84. The highest BCUT2D eigenvalue weighted by molar-refractivity contribution is 5.00. The Bertz CT molecular complexity index is 229. The van der Waals surface area contributed by atoms with Crippen molar-refractivity contribution >= 4 is 0 Å². The molecule has 0 aromatic rings. The van der Waals surface area contributed by atoms with E-state index in [1.165, 1.54) is 44.9 Å². The smallest absolute Gasteiger partial charge is 0.0801 e. The summed E-state index contributed by atoms with van der Waals surface area (Å²) in [5.41, 5.74) is 0.392. The van der Waals surface area contributed by atoms with Crippen molar-refractivity contribution in [1.82, 2.24) is 0 Å². The maximum absolute atomic E-state index is 9.76. The van der Waals surface area contributed by atoms with Crippen molar-refractivity contribution in [2.24, 2.45) is 17.3 Å². The SMILES string of the molecule is CCCCCCC(C)(CCC)C1CC1C(O)CO. The Morgan fingerprint density at radius 1 is 1.11 bits per heavy atom. The van der Waals surface area contributed by atoms with Gasteiger partial charge in [-0.1, -0.05) is 52.9 Å². The van der Waals surface area contributed by atoms with Crippen LogP contribution in [-0.4, -0.2) is 22.9 Å². The van der Waals surface area contributed by atoms with Gasteiger partial charge in [-0.05, 0) is 36.5 Å². The third kappa shape index (κ3) is 4.24. The highest BCUT2D eigenvalue weighted by Crippen LogP contribution is 2.56. The summed E-state index contributed by atoms with van der Waals surface area (Å²) in [7, 11) is 0. The molecular weight excluding hydrogens is 224 g/mol. The third-order valence-electron chi connectivity index (χ3n) is 4.84. The van der Waals surface area contributed by atoms with Gasteiger partial charge in [0.05, 0.1) is 12.7 Å². The molecule has 1 rings (SSSR count). The van der Waals surface area contributed by atoms with Gasteiger partial charge in [0, 0.05) is 0 Å². The molecule has 0 heterocycles. The normalized spacial score (nSPS) is 27.8. The first-order valence-corrected chi connectivity index (χ1v) is 7.88. The van der Waals surface area contributed by atoms with Crippen LogP contribution in [-0.2, 0) is 0 Å². The molecule has 0 amide bonds. The number of unbranched alkanes of at least 4 members (excludes halogenated alkanes) is 3. The Kier molecular flexibility index (Phi) is 6.65. The van der Waals surface area contributed by atoms with E-state index in [-0.39, 0.29) is 6.61 Å². The minimum absolute atomic E-state index is 0.0702. The van der Waals surface area contributed by atoms with E-state index in [9.17, 15) is 5.11 Å². The van der Waals surface area contributed by atoms with Gasteiger partial charge >= 0.3 is 0 Å². The van der Waals surface area contributed by atoms with Crippen molar-refractivity contribution in [1.29, 1.82) is 0 Å². The molecule has 1 fully saturated rings. The van der Waals surface area contributed by atoms with Crippen molar-refractivity contribution in [3.63, 3.8) is 0 Å². The fraction of sp³-hybridized carbons (Fsp3) is 1.00. The van der Waals surface area contributed by atoms with Crippen molar-refractivity contribution < 1.29 is 10.2 Å². The van der Waals surface area contributed by atoms with Crippen LogP contribution in [0.4, 0.5) is 0 Å². The molecule has 1 saturated carbocycles. The van der Waals surface area contributed by atoms with Crippen molar-refractivity contribution in [3.8, 4) is 0 Å². The van der Waals surface area contributed by atoms with Crippen molar-refractivity contribution in [2.75, 3.05) is 6.61 Å². The number of rotatable bonds is 10. The molecule has 18 heavy (non-hydrogen) atoms. The summed E-state index contributed by atoms with van der Waals surface area (Å²) >= 11 is 0. The van der Waals surface area contributed by atoms with Gasteiger partial charge in [-0.25, -0.2) is 0 Å². The van der Waals surface area contributed by atoms with E-state index in [1.54, 1.807) is 0 Å². The first-order valence-electron chi connectivity index (χ1n) is 7.88. The van der Waals surface area contributed by atoms with Gasteiger partial charge in [-0.3, -0.25) is 0 Å². The van der Waals surface area contributed by atoms with Gasteiger partial charge in [-0.15, -0.1) is 0 Å². The minimum atomic E-state index is -0.484. The molecule has 2 heteroatoms. The average Bonchev–Trinajstić information content (AvgIpc) is 3.15. The molecule has 0 bridgehead atoms. The van der Waals surface area contributed by atoms with Crippen LogP contribution in [0.2, 0.25) is 0 Å². The Labute approximate surface area is 113 Å². The molecule has 0 aromatic carbocycles. The van der Waals surface area contributed by atoms with E-state index in [0.717, 1.165) is 6.42 Å². The Balaban J connectivity index is 2.43. The van der Waals surface area contributed by atoms with Gasteiger partial charge in [0.25, 0.3) is 0 Å². The zero-order valence-electron chi connectivity index (χ0n) is 12.5. The predicted molar refractivity (Wildman–Crippen MR) is 76.5 cm³/mol. The molecule has 1 aliphatic carbocycles. The molecule has 108 valence electrons.